The van der Waals surface area contributed by atoms with Crippen LogP contribution in [-0.4, -0.2) is 35.6 Å². The van der Waals surface area contributed by atoms with E-state index in [1.807, 2.05) is 12.1 Å². The normalized spacial score (nSPS) is 13.3. The first kappa shape index (κ1) is 19.9. The highest BCUT2D eigenvalue weighted by Crippen LogP contribution is 2.31. The summed E-state index contributed by atoms with van der Waals surface area (Å²) in [7, 11) is 1.34. The Morgan fingerprint density at radius 1 is 1.13 bits per heavy atom. The van der Waals surface area contributed by atoms with Gasteiger partial charge in [0, 0.05) is 35.2 Å². The van der Waals surface area contributed by atoms with E-state index in [0.717, 1.165) is 22.4 Å². The minimum atomic E-state index is -0.393. The number of aromatic nitrogens is 1. The number of amides is 1. The van der Waals surface area contributed by atoms with Gasteiger partial charge in [0.15, 0.2) is 5.76 Å². The summed E-state index contributed by atoms with van der Waals surface area (Å²) in [5, 5.41) is 4.82. The van der Waals surface area contributed by atoms with Crippen LogP contribution in [0.15, 0.2) is 59.1 Å². The Labute approximate surface area is 178 Å². The number of ether oxygens (including phenoxy) is 1. The number of hydrogen-bond acceptors (Lipinski definition) is 5. The number of benzene rings is 2. The van der Waals surface area contributed by atoms with E-state index < -0.39 is 5.97 Å². The van der Waals surface area contributed by atoms with Gasteiger partial charge in [-0.3, -0.25) is 4.79 Å². The molecule has 2 heterocycles. The van der Waals surface area contributed by atoms with Crippen LogP contribution < -0.4 is 0 Å². The molecule has 6 nitrogen and oxygen atoms in total. The van der Waals surface area contributed by atoms with Gasteiger partial charge in [-0.2, -0.15) is 0 Å². The molecule has 1 aliphatic rings. The molecule has 3 aromatic rings. The summed E-state index contributed by atoms with van der Waals surface area (Å²) in [4.78, 5) is 26.0. The van der Waals surface area contributed by atoms with Crippen LogP contribution in [0.3, 0.4) is 0 Å². The van der Waals surface area contributed by atoms with Crippen molar-refractivity contribution < 1.29 is 18.8 Å². The number of carbonyl (C=O) groups is 2. The Balaban J connectivity index is 1.47. The van der Waals surface area contributed by atoms with Crippen LogP contribution in [0.5, 0.6) is 0 Å². The van der Waals surface area contributed by atoms with Crippen LogP contribution in [0, 0.1) is 0 Å². The zero-order valence-corrected chi connectivity index (χ0v) is 17.1. The SMILES string of the molecule is COC(=O)c1ccc(/C=C/C(=O)N2CCc3noc(-c4ccc(Cl)cc4)c3C2)cc1. The largest absolute Gasteiger partial charge is 0.465 e. The first-order chi connectivity index (χ1) is 14.5. The number of methoxy groups -OCH3 is 1. The van der Waals surface area contributed by atoms with Crippen LogP contribution in [0.4, 0.5) is 0 Å². The highest BCUT2D eigenvalue weighted by Gasteiger charge is 2.26. The van der Waals surface area contributed by atoms with Crippen LogP contribution >= 0.6 is 11.6 Å². The molecular formula is C23H19ClN2O4. The van der Waals surface area contributed by atoms with E-state index in [1.165, 1.54) is 13.2 Å². The molecule has 30 heavy (non-hydrogen) atoms. The van der Waals surface area contributed by atoms with Crippen molar-refractivity contribution in [2.45, 2.75) is 13.0 Å². The number of esters is 1. The summed E-state index contributed by atoms with van der Waals surface area (Å²) >= 11 is 5.97. The second-order valence-electron chi connectivity index (χ2n) is 6.90. The van der Waals surface area contributed by atoms with Crippen LogP contribution in [0.1, 0.15) is 27.2 Å². The van der Waals surface area contributed by atoms with Crippen LogP contribution in [-0.2, 0) is 22.5 Å². The van der Waals surface area contributed by atoms with Crippen molar-refractivity contribution in [3.05, 3.63) is 82.0 Å². The number of fused-ring (bicyclic) bond motifs is 1. The highest BCUT2D eigenvalue weighted by molar-refractivity contribution is 6.30. The molecule has 1 aromatic heterocycles. The van der Waals surface area contributed by atoms with Crippen molar-refractivity contribution in [2.75, 3.05) is 13.7 Å². The molecule has 4 rings (SSSR count). The van der Waals surface area contributed by atoms with Crippen molar-refractivity contribution in [1.29, 1.82) is 0 Å². The van der Waals surface area contributed by atoms with Gasteiger partial charge < -0.3 is 14.2 Å². The lowest BCUT2D eigenvalue weighted by Crippen LogP contribution is -2.34. The average molecular weight is 423 g/mol. The lowest BCUT2D eigenvalue weighted by Gasteiger charge is -2.25. The smallest absolute Gasteiger partial charge is 0.337 e. The number of carbonyl (C=O) groups excluding carboxylic acids is 2. The lowest BCUT2D eigenvalue weighted by molar-refractivity contribution is -0.126. The lowest BCUT2D eigenvalue weighted by atomic mass is 10.0. The van der Waals surface area contributed by atoms with E-state index in [2.05, 4.69) is 9.89 Å². The maximum absolute atomic E-state index is 12.7. The Hall–Kier alpha value is -3.38. The summed E-state index contributed by atoms with van der Waals surface area (Å²) in [6.07, 6.45) is 3.90. The van der Waals surface area contributed by atoms with E-state index >= 15 is 0 Å². The summed E-state index contributed by atoms with van der Waals surface area (Å²) < 4.78 is 10.2. The predicted molar refractivity (Wildman–Crippen MR) is 113 cm³/mol. The van der Waals surface area contributed by atoms with E-state index in [1.54, 1.807) is 47.4 Å². The Kier molecular flexibility index (Phi) is 5.68. The molecule has 152 valence electrons. The molecule has 0 fully saturated rings. The summed E-state index contributed by atoms with van der Waals surface area (Å²) in [6, 6.07) is 14.2. The molecule has 0 aliphatic carbocycles. The third-order valence-corrected chi connectivity index (χ3v) is 5.26. The van der Waals surface area contributed by atoms with Gasteiger partial charge in [-0.1, -0.05) is 28.9 Å². The molecule has 0 radical (unpaired) electrons. The summed E-state index contributed by atoms with van der Waals surface area (Å²) in [5.41, 5.74) is 3.97. The van der Waals surface area contributed by atoms with Crippen molar-refractivity contribution in [1.82, 2.24) is 10.1 Å². The maximum atomic E-state index is 12.7. The van der Waals surface area contributed by atoms with E-state index in [-0.39, 0.29) is 5.91 Å². The van der Waals surface area contributed by atoms with Crippen LogP contribution in [0.2, 0.25) is 5.02 Å². The van der Waals surface area contributed by atoms with Crippen molar-refractivity contribution in [3.63, 3.8) is 0 Å². The molecule has 0 atom stereocenters. The Morgan fingerprint density at radius 3 is 2.57 bits per heavy atom. The monoisotopic (exact) mass is 422 g/mol. The molecular weight excluding hydrogens is 404 g/mol. The topological polar surface area (TPSA) is 72.6 Å². The molecule has 0 unspecified atom stereocenters. The fourth-order valence-corrected chi connectivity index (χ4v) is 3.48. The first-order valence-electron chi connectivity index (χ1n) is 9.44. The maximum Gasteiger partial charge on any atom is 0.337 e. The number of nitrogens with zero attached hydrogens (tertiary/aromatic N) is 2. The quantitative estimate of drug-likeness (QED) is 0.461. The molecule has 7 heteroatoms. The molecule has 1 amide bonds. The molecule has 0 spiro atoms. The molecule has 0 bridgehead atoms. The predicted octanol–water partition coefficient (Wildman–Crippen LogP) is 4.38. The van der Waals surface area contributed by atoms with Gasteiger partial charge in [0.2, 0.25) is 5.91 Å². The first-order valence-corrected chi connectivity index (χ1v) is 9.81. The van der Waals surface area contributed by atoms with E-state index in [0.29, 0.717) is 35.9 Å². The molecule has 2 aromatic carbocycles. The molecule has 0 N–H and O–H groups in total. The molecule has 1 aliphatic heterocycles. The van der Waals surface area contributed by atoms with Crippen molar-refractivity contribution in [3.8, 4) is 11.3 Å². The van der Waals surface area contributed by atoms with Crippen LogP contribution in [0.25, 0.3) is 17.4 Å². The summed E-state index contributed by atoms with van der Waals surface area (Å²) in [6.45, 7) is 1.01. The van der Waals surface area contributed by atoms with Crippen molar-refractivity contribution >= 4 is 29.6 Å². The highest BCUT2D eigenvalue weighted by atomic mass is 35.5. The van der Waals surface area contributed by atoms with Gasteiger partial charge in [-0.25, -0.2) is 4.79 Å². The van der Waals surface area contributed by atoms with Gasteiger partial charge in [-0.15, -0.1) is 0 Å². The Morgan fingerprint density at radius 2 is 1.87 bits per heavy atom. The van der Waals surface area contributed by atoms with Gasteiger partial charge in [0.1, 0.15) is 0 Å². The van der Waals surface area contributed by atoms with Gasteiger partial charge in [-0.05, 0) is 48.0 Å². The fraction of sp³-hybridized carbons (Fsp3) is 0.174. The zero-order valence-electron chi connectivity index (χ0n) is 16.3. The molecule has 0 saturated carbocycles. The average Bonchev–Trinajstić information content (AvgIpc) is 3.21. The number of halogens is 1. The van der Waals surface area contributed by atoms with Gasteiger partial charge >= 0.3 is 5.97 Å². The number of hydrogen-bond donors (Lipinski definition) is 0. The van der Waals surface area contributed by atoms with E-state index in [4.69, 9.17) is 16.1 Å². The van der Waals surface area contributed by atoms with Gasteiger partial charge in [0.25, 0.3) is 0 Å². The van der Waals surface area contributed by atoms with Gasteiger partial charge in [0.05, 0.1) is 24.9 Å². The number of rotatable bonds is 4. The fourth-order valence-electron chi connectivity index (χ4n) is 3.35. The van der Waals surface area contributed by atoms with Crippen molar-refractivity contribution in [2.24, 2.45) is 0 Å². The molecule has 0 saturated heterocycles. The third kappa shape index (κ3) is 4.14. The van der Waals surface area contributed by atoms with E-state index in [9.17, 15) is 9.59 Å². The minimum Gasteiger partial charge on any atom is -0.465 e. The zero-order chi connectivity index (χ0) is 21.1. The third-order valence-electron chi connectivity index (χ3n) is 5.01. The second kappa shape index (κ2) is 8.55. The Bertz CT molecular complexity index is 1100. The summed E-state index contributed by atoms with van der Waals surface area (Å²) in [5.74, 6) is 0.179. The second-order valence-corrected chi connectivity index (χ2v) is 7.34. The minimum absolute atomic E-state index is 0.0963. The standard InChI is InChI=1S/C23H19ClN2O4/c1-29-23(28)17-5-2-15(3-6-17)4-11-21(27)26-13-12-20-19(14-26)22(30-25-20)16-7-9-18(24)10-8-16/h2-11H,12-14H2,1H3/b11-4+.